The third-order valence-electron chi connectivity index (χ3n) is 6.59. The van der Waals surface area contributed by atoms with Crippen molar-refractivity contribution in [1.29, 1.82) is 0 Å². The first-order valence-electron chi connectivity index (χ1n) is 12.8. The predicted octanol–water partition coefficient (Wildman–Crippen LogP) is 5.06. The normalized spacial score (nSPS) is 16.9. The largest absolute Gasteiger partial charge is 0.391 e. The summed E-state index contributed by atoms with van der Waals surface area (Å²) in [6, 6.07) is 10.1. The van der Waals surface area contributed by atoms with Crippen LogP contribution in [0.25, 0.3) is 10.4 Å². The molecule has 8 nitrogen and oxygen atoms in total. The van der Waals surface area contributed by atoms with Crippen LogP contribution < -0.4 is 5.32 Å². The van der Waals surface area contributed by atoms with E-state index in [9.17, 15) is 14.7 Å². The summed E-state index contributed by atoms with van der Waals surface area (Å²) in [4.78, 5) is 30.2. The molecule has 3 unspecified atom stereocenters. The number of benzene rings is 1. The summed E-state index contributed by atoms with van der Waals surface area (Å²) in [5.74, 6) is 0.760. The average molecular weight is 527 g/mol. The lowest BCUT2D eigenvalue weighted by molar-refractivity contribution is -0.133. The SMILES string of the molecule is CC(C)c1cc(C(C(=O)N2CCC(O)C2)C(C)C)on1.Cc1ncsc1-c1ccc(C(C)NC=O)cc1. The van der Waals surface area contributed by atoms with E-state index in [1.54, 1.807) is 16.2 Å². The van der Waals surface area contributed by atoms with Crippen molar-refractivity contribution in [3.63, 3.8) is 0 Å². The molecule has 0 spiro atoms. The van der Waals surface area contributed by atoms with Crippen LogP contribution in [0.1, 0.15) is 81.6 Å². The molecule has 4 rings (SSSR count). The highest BCUT2D eigenvalue weighted by Gasteiger charge is 2.35. The molecule has 1 aliphatic heterocycles. The standard InChI is InChI=1S/C15H24N2O3.C13H14N2OS/c1-9(2)12-7-13(20-16-12)14(10(3)4)15(19)17-6-5-11(18)8-17;1-9(14-7-16)11-3-5-12(6-4-11)13-10(2)15-8-17-13/h7,9-11,14,18H,5-6,8H2,1-4H3;3-9H,1-2H3,(H,14,16). The summed E-state index contributed by atoms with van der Waals surface area (Å²) >= 11 is 1.64. The van der Waals surface area contributed by atoms with E-state index < -0.39 is 6.10 Å². The van der Waals surface area contributed by atoms with Crippen molar-refractivity contribution in [1.82, 2.24) is 20.4 Å². The molecule has 2 amide bonds. The second-order valence-corrected chi connectivity index (χ2v) is 11.0. The van der Waals surface area contributed by atoms with Crippen LogP contribution in [0.5, 0.6) is 0 Å². The molecule has 1 fully saturated rings. The van der Waals surface area contributed by atoms with Gasteiger partial charge in [0.2, 0.25) is 12.3 Å². The van der Waals surface area contributed by atoms with E-state index >= 15 is 0 Å². The van der Waals surface area contributed by atoms with Crippen LogP contribution in [-0.4, -0.2) is 51.7 Å². The van der Waals surface area contributed by atoms with Crippen LogP contribution in [0.2, 0.25) is 0 Å². The fourth-order valence-corrected chi connectivity index (χ4v) is 5.11. The molecule has 3 atom stereocenters. The molecule has 0 bridgehead atoms. The number of aromatic nitrogens is 2. The van der Waals surface area contributed by atoms with E-state index in [0.29, 0.717) is 25.3 Å². The Morgan fingerprint density at radius 2 is 1.92 bits per heavy atom. The van der Waals surface area contributed by atoms with E-state index in [0.717, 1.165) is 23.4 Å². The third-order valence-corrected chi connectivity index (χ3v) is 7.57. The van der Waals surface area contributed by atoms with E-state index in [4.69, 9.17) is 4.52 Å². The Kier molecular flexibility index (Phi) is 10.00. The quantitative estimate of drug-likeness (QED) is 0.397. The number of nitrogens with one attached hydrogen (secondary N) is 1. The number of hydrogen-bond acceptors (Lipinski definition) is 7. The van der Waals surface area contributed by atoms with E-state index in [2.05, 4.69) is 27.6 Å². The Morgan fingerprint density at radius 1 is 1.22 bits per heavy atom. The Hall–Kier alpha value is -3.04. The number of rotatable bonds is 8. The zero-order valence-corrected chi connectivity index (χ0v) is 23.3. The molecule has 37 heavy (non-hydrogen) atoms. The monoisotopic (exact) mass is 526 g/mol. The molecule has 2 aromatic heterocycles. The van der Waals surface area contributed by atoms with E-state index in [1.165, 1.54) is 10.4 Å². The van der Waals surface area contributed by atoms with Gasteiger partial charge in [-0.2, -0.15) is 0 Å². The highest BCUT2D eigenvalue weighted by molar-refractivity contribution is 7.13. The van der Waals surface area contributed by atoms with Crippen molar-refractivity contribution in [2.75, 3.05) is 13.1 Å². The Bertz CT molecular complexity index is 1160. The van der Waals surface area contributed by atoms with Crippen molar-refractivity contribution >= 4 is 23.7 Å². The minimum Gasteiger partial charge on any atom is -0.391 e. The Morgan fingerprint density at radius 3 is 2.41 bits per heavy atom. The lowest BCUT2D eigenvalue weighted by atomic mass is 9.91. The summed E-state index contributed by atoms with van der Waals surface area (Å²) < 4.78 is 5.40. The summed E-state index contributed by atoms with van der Waals surface area (Å²) in [7, 11) is 0. The second-order valence-electron chi connectivity index (χ2n) is 10.2. The molecule has 0 aliphatic carbocycles. The molecule has 1 aromatic carbocycles. The van der Waals surface area contributed by atoms with Crippen LogP contribution in [0, 0.1) is 12.8 Å². The van der Waals surface area contributed by atoms with Gasteiger partial charge in [-0.05, 0) is 43.2 Å². The molecule has 3 aromatic rings. The van der Waals surface area contributed by atoms with Crippen molar-refractivity contribution in [3.8, 4) is 10.4 Å². The third kappa shape index (κ3) is 7.26. The maximum Gasteiger partial charge on any atom is 0.233 e. The topological polar surface area (TPSA) is 109 Å². The van der Waals surface area contributed by atoms with Crippen LogP contribution in [-0.2, 0) is 9.59 Å². The molecule has 0 radical (unpaired) electrons. The lowest BCUT2D eigenvalue weighted by Gasteiger charge is -2.23. The van der Waals surface area contributed by atoms with Gasteiger partial charge in [-0.3, -0.25) is 9.59 Å². The fourth-order valence-electron chi connectivity index (χ4n) is 4.30. The zero-order valence-electron chi connectivity index (χ0n) is 22.5. The van der Waals surface area contributed by atoms with Gasteiger partial charge < -0.3 is 19.8 Å². The van der Waals surface area contributed by atoms with Crippen LogP contribution in [0.4, 0.5) is 0 Å². The number of aliphatic hydroxyl groups excluding tert-OH is 1. The van der Waals surface area contributed by atoms with Gasteiger partial charge in [-0.25, -0.2) is 4.98 Å². The maximum absolute atomic E-state index is 12.6. The number of β-amino-alcohol motifs (C(OH)–C–C–N with tert-alkyl or cyclic N) is 1. The van der Waals surface area contributed by atoms with Crippen LogP contribution in [0.3, 0.4) is 0 Å². The van der Waals surface area contributed by atoms with Gasteiger partial charge in [0.1, 0.15) is 11.7 Å². The number of aliphatic hydroxyl groups is 1. The molecular formula is C28H38N4O4S. The first-order valence-corrected chi connectivity index (χ1v) is 13.6. The first kappa shape index (κ1) is 28.5. The number of amides is 2. The summed E-state index contributed by atoms with van der Waals surface area (Å²) in [5.41, 5.74) is 6.06. The number of aryl methyl sites for hydroxylation is 1. The molecule has 0 saturated carbocycles. The Balaban J connectivity index is 0.000000208. The number of nitrogens with zero attached hydrogens (tertiary/aromatic N) is 3. The molecule has 3 heterocycles. The maximum atomic E-state index is 12.6. The zero-order chi connectivity index (χ0) is 27.1. The molecule has 1 aliphatic rings. The Labute approximate surface area is 223 Å². The molecular weight excluding hydrogens is 488 g/mol. The van der Waals surface area contributed by atoms with Crippen molar-refractivity contribution in [2.45, 2.75) is 71.9 Å². The van der Waals surface area contributed by atoms with Crippen LogP contribution in [0.15, 0.2) is 40.4 Å². The van der Waals surface area contributed by atoms with E-state index in [-0.39, 0.29) is 29.7 Å². The molecule has 1 saturated heterocycles. The number of likely N-dealkylation sites (tertiary alicyclic amines) is 1. The van der Waals surface area contributed by atoms with Gasteiger partial charge in [0.25, 0.3) is 0 Å². The molecule has 2 N–H and O–H groups in total. The number of hydrogen-bond donors (Lipinski definition) is 2. The minimum absolute atomic E-state index is 0.0306. The number of thiazole rings is 1. The average Bonchev–Trinajstić information content (AvgIpc) is 3.61. The summed E-state index contributed by atoms with van der Waals surface area (Å²) in [6.45, 7) is 13.1. The van der Waals surface area contributed by atoms with Gasteiger partial charge in [0.05, 0.1) is 33.9 Å². The smallest absolute Gasteiger partial charge is 0.233 e. The predicted molar refractivity (Wildman–Crippen MR) is 145 cm³/mol. The van der Waals surface area contributed by atoms with Gasteiger partial charge in [-0.15, -0.1) is 11.3 Å². The minimum atomic E-state index is -0.396. The van der Waals surface area contributed by atoms with Gasteiger partial charge >= 0.3 is 0 Å². The van der Waals surface area contributed by atoms with E-state index in [1.807, 2.05) is 65.3 Å². The van der Waals surface area contributed by atoms with Crippen molar-refractivity contribution in [2.24, 2.45) is 5.92 Å². The second kappa shape index (κ2) is 13.0. The highest BCUT2D eigenvalue weighted by Crippen LogP contribution is 2.30. The van der Waals surface area contributed by atoms with Gasteiger partial charge in [-0.1, -0.05) is 57.1 Å². The number of carbonyl (C=O) groups excluding carboxylic acids is 2. The molecule has 200 valence electrons. The first-order chi connectivity index (χ1) is 17.6. The lowest BCUT2D eigenvalue weighted by Crippen LogP contribution is -2.35. The summed E-state index contributed by atoms with van der Waals surface area (Å²) in [5, 5.41) is 16.4. The van der Waals surface area contributed by atoms with Crippen LogP contribution >= 0.6 is 11.3 Å². The number of carbonyl (C=O) groups is 2. The summed E-state index contributed by atoms with van der Waals surface area (Å²) in [6.07, 6.45) is 0.989. The highest BCUT2D eigenvalue weighted by atomic mass is 32.1. The van der Waals surface area contributed by atoms with Gasteiger partial charge in [0, 0.05) is 19.2 Å². The van der Waals surface area contributed by atoms with Crippen molar-refractivity contribution in [3.05, 3.63) is 58.6 Å². The van der Waals surface area contributed by atoms with Gasteiger partial charge in [0.15, 0.2) is 0 Å². The van der Waals surface area contributed by atoms with Crippen molar-refractivity contribution < 1.29 is 19.2 Å². The molecule has 9 heteroatoms. The fraction of sp³-hybridized carbons (Fsp3) is 0.500.